The normalized spacial score (nSPS) is 11.5. The fourth-order valence-corrected chi connectivity index (χ4v) is 2.41. The number of aromatic hydroxyl groups is 2. The van der Waals surface area contributed by atoms with E-state index in [4.69, 9.17) is 4.74 Å². The molecule has 0 saturated heterocycles. The first-order valence-corrected chi connectivity index (χ1v) is 7.34. The van der Waals surface area contributed by atoms with Crippen LogP contribution in [-0.4, -0.2) is 29.8 Å². The van der Waals surface area contributed by atoms with E-state index in [0.717, 1.165) is 10.8 Å². The number of phenols is 2. The second kappa shape index (κ2) is 6.83. The molecule has 5 heteroatoms. The van der Waals surface area contributed by atoms with Crippen LogP contribution in [-0.2, 0) is 0 Å². The molecule has 3 rings (SSSR count). The average Bonchev–Trinajstić information content (AvgIpc) is 2.61. The summed E-state index contributed by atoms with van der Waals surface area (Å²) < 4.78 is 5.04. The second-order valence-corrected chi connectivity index (χ2v) is 5.11. The SMILES string of the molecule is COc1cccc(C=NN=Cc2c(O)ccc3ccccc23)c1O. The van der Waals surface area contributed by atoms with E-state index in [2.05, 4.69) is 10.2 Å². The number of methoxy groups -OCH3 is 1. The van der Waals surface area contributed by atoms with E-state index >= 15 is 0 Å². The maximum absolute atomic E-state index is 10.0. The van der Waals surface area contributed by atoms with Gasteiger partial charge in [-0.2, -0.15) is 10.2 Å². The van der Waals surface area contributed by atoms with Crippen molar-refractivity contribution in [3.05, 3.63) is 65.7 Å². The van der Waals surface area contributed by atoms with Gasteiger partial charge in [-0.1, -0.05) is 36.4 Å². The number of phenolic OH excluding ortho intramolecular Hbond substituents is 2. The summed E-state index contributed by atoms with van der Waals surface area (Å²) in [6.45, 7) is 0. The van der Waals surface area contributed by atoms with Gasteiger partial charge in [0.15, 0.2) is 11.5 Å². The van der Waals surface area contributed by atoms with E-state index in [1.807, 2.05) is 30.3 Å². The summed E-state index contributed by atoms with van der Waals surface area (Å²) in [5, 5.41) is 29.8. The highest BCUT2D eigenvalue weighted by molar-refractivity contribution is 6.02. The third-order valence-corrected chi connectivity index (χ3v) is 3.65. The van der Waals surface area contributed by atoms with Crippen molar-refractivity contribution in [3.63, 3.8) is 0 Å². The Morgan fingerprint density at radius 3 is 2.50 bits per heavy atom. The van der Waals surface area contributed by atoms with Gasteiger partial charge in [-0.25, -0.2) is 0 Å². The zero-order valence-electron chi connectivity index (χ0n) is 13.0. The molecule has 0 unspecified atom stereocenters. The summed E-state index contributed by atoms with van der Waals surface area (Å²) in [6.07, 6.45) is 2.92. The fourth-order valence-electron chi connectivity index (χ4n) is 2.41. The molecule has 0 aliphatic heterocycles. The van der Waals surface area contributed by atoms with Gasteiger partial charge < -0.3 is 14.9 Å². The molecule has 0 saturated carbocycles. The largest absolute Gasteiger partial charge is 0.507 e. The van der Waals surface area contributed by atoms with E-state index < -0.39 is 0 Å². The van der Waals surface area contributed by atoms with E-state index in [1.165, 1.54) is 19.5 Å². The van der Waals surface area contributed by atoms with Crippen molar-refractivity contribution in [1.29, 1.82) is 0 Å². The van der Waals surface area contributed by atoms with Crippen LogP contribution in [0.4, 0.5) is 0 Å². The van der Waals surface area contributed by atoms with E-state index in [-0.39, 0.29) is 11.5 Å². The summed E-state index contributed by atoms with van der Waals surface area (Å²) in [5.74, 6) is 0.512. The Hall–Kier alpha value is -3.34. The Labute approximate surface area is 139 Å². The molecule has 0 heterocycles. The van der Waals surface area contributed by atoms with Gasteiger partial charge in [-0.3, -0.25) is 0 Å². The predicted octanol–water partition coefficient (Wildman–Crippen LogP) is 3.71. The van der Waals surface area contributed by atoms with Crippen molar-refractivity contribution in [2.75, 3.05) is 7.11 Å². The number of ether oxygens (including phenoxy) is 1. The number of rotatable bonds is 4. The van der Waals surface area contributed by atoms with Crippen LogP contribution >= 0.6 is 0 Å². The first kappa shape index (κ1) is 15.6. The van der Waals surface area contributed by atoms with Gasteiger partial charge in [0.05, 0.1) is 19.5 Å². The molecule has 0 spiro atoms. The summed E-state index contributed by atoms with van der Waals surface area (Å²) in [5.41, 5.74) is 1.09. The third kappa shape index (κ3) is 3.05. The van der Waals surface area contributed by atoms with Crippen LogP contribution in [0.25, 0.3) is 10.8 Å². The number of fused-ring (bicyclic) bond motifs is 1. The lowest BCUT2D eigenvalue weighted by molar-refractivity contribution is 0.373. The van der Waals surface area contributed by atoms with Gasteiger partial charge in [0.1, 0.15) is 5.75 Å². The van der Waals surface area contributed by atoms with Crippen molar-refractivity contribution in [2.24, 2.45) is 10.2 Å². The Morgan fingerprint density at radius 1 is 0.875 bits per heavy atom. The minimum atomic E-state index is 0.00644. The average molecular weight is 320 g/mol. The first-order valence-electron chi connectivity index (χ1n) is 7.34. The van der Waals surface area contributed by atoms with E-state index in [9.17, 15) is 10.2 Å². The predicted molar refractivity (Wildman–Crippen MR) is 95.5 cm³/mol. The molecule has 0 atom stereocenters. The van der Waals surface area contributed by atoms with E-state index in [0.29, 0.717) is 16.9 Å². The summed E-state index contributed by atoms with van der Waals surface area (Å²) in [7, 11) is 1.48. The van der Waals surface area contributed by atoms with Gasteiger partial charge in [-0.15, -0.1) is 0 Å². The first-order chi connectivity index (χ1) is 11.7. The molecule has 0 radical (unpaired) electrons. The highest BCUT2D eigenvalue weighted by Gasteiger charge is 2.05. The molecule has 5 nitrogen and oxygen atoms in total. The van der Waals surface area contributed by atoms with Gasteiger partial charge >= 0.3 is 0 Å². The van der Waals surface area contributed by atoms with Crippen molar-refractivity contribution in [3.8, 4) is 17.2 Å². The van der Waals surface area contributed by atoms with Crippen molar-refractivity contribution in [1.82, 2.24) is 0 Å². The van der Waals surface area contributed by atoms with Crippen LogP contribution in [0.15, 0.2) is 64.8 Å². The van der Waals surface area contributed by atoms with Crippen LogP contribution in [0.5, 0.6) is 17.2 Å². The minimum absolute atomic E-state index is 0.00644. The van der Waals surface area contributed by atoms with E-state index in [1.54, 1.807) is 24.3 Å². The van der Waals surface area contributed by atoms with Crippen LogP contribution < -0.4 is 4.74 Å². The van der Waals surface area contributed by atoms with Crippen LogP contribution in [0, 0.1) is 0 Å². The standard InChI is InChI=1S/C19H16N2O3/c1-24-18-8-4-6-14(19(18)23)11-20-21-12-16-15-7-3-2-5-13(15)9-10-17(16)22/h2-12,22-23H,1H3. The number of benzene rings is 3. The number of hydrogen-bond acceptors (Lipinski definition) is 5. The van der Waals surface area contributed by atoms with Gasteiger partial charge in [-0.05, 0) is 29.0 Å². The van der Waals surface area contributed by atoms with Crippen LogP contribution in [0.2, 0.25) is 0 Å². The lowest BCUT2D eigenvalue weighted by atomic mass is 10.0. The molecule has 0 bridgehead atoms. The quantitative estimate of drug-likeness (QED) is 0.568. The molecule has 0 aliphatic rings. The second-order valence-electron chi connectivity index (χ2n) is 5.11. The monoisotopic (exact) mass is 320 g/mol. The summed E-state index contributed by atoms with van der Waals surface area (Å²) in [6, 6.07) is 16.3. The number of nitrogens with zero attached hydrogens (tertiary/aromatic N) is 2. The maximum Gasteiger partial charge on any atom is 0.166 e. The number of para-hydroxylation sites is 1. The minimum Gasteiger partial charge on any atom is -0.507 e. The molecular weight excluding hydrogens is 304 g/mol. The van der Waals surface area contributed by atoms with Crippen LogP contribution in [0.3, 0.4) is 0 Å². The topological polar surface area (TPSA) is 74.4 Å². The molecule has 3 aromatic carbocycles. The molecule has 3 aromatic rings. The third-order valence-electron chi connectivity index (χ3n) is 3.65. The Morgan fingerprint density at radius 2 is 1.67 bits per heavy atom. The molecule has 120 valence electrons. The zero-order chi connectivity index (χ0) is 16.9. The van der Waals surface area contributed by atoms with Crippen LogP contribution in [0.1, 0.15) is 11.1 Å². The van der Waals surface area contributed by atoms with Crippen molar-refractivity contribution in [2.45, 2.75) is 0 Å². The van der Waals surface area contributed by atoms with Crippen molar-refractivity contribution >= 4 is 23.2 Å². The molecule has 2 N–H and O–H groups in total. The summed E-state index contributed by atoms with van der Waals surface area (Å²) in [4.78, 5) is 0. The molecule has 0 amide bonds. The van der Waals surface area contributed by atoms with Gasteiger partial charge in [0.25, 0.3) is 0 Å². The molecule has 0 aliphatic carbocycles. The fraction of sp³-hybridized carbons (Fsp3) is 0.0526. The zero-order valence-corrected chi connectivity index (χ0v) is 13.0. The Balaban J connectivity index is 1.89. The highest BCUT2D eigenvalue weighted by atomic mass is 16.5. The molecule has 0 fully saturated rings. The highest BCUT2D eigenvalue weighted by Crippen LogP contribution is 2.28. The molecular formula is C19H16N2O3. The number of hydrogen-bond donors (Lipinski definition) is 2. The molecule has 0 aromatic heterocycles. The molecule has 24 heavy (non-hydrogen) atoms. The Bertz CT molecular complexity index is 933. The van der Waals surface area contributed by atoms with Crippen molar-refractivity contribution < 1.29 is 14.9 Å². The Kier molecular flexibility index (Phi) is 4.43. The van der Waals surface area contributed by atoms with Gasteiger partial charge in [0, 0.05) is 11.1 Å². The maximum atomic E-state index is 10.0. The summed E-state index contributed by atoms with van der Waals surface area (Å²) >= 11 is 0. The van der Waals surface area contributed by atoms with Gasteiger partial charge in [0.2, 0.25) is 0 Å². The lowest BCUT2D eigenvalue weighted by Gasteiger charge is -2.04. The smallest absolute Gasteiger partial charge is 0.166 e. The lowest BCUT2D eigenvalue weighted by Crippen LogP contribution is -1.88.